The maximum atomic E-state index is 12.6. The Bertz CT molecular complexity index is 1230. The summed E-state index contributed by atoms with van der Waals surface area (Å²) in [5, 5.41) is 15.3. The van der Waals surface area contributed by atoms with Gasteiger partial charge in [0.15, 0.2) is 10.8 Å². The topological polar surface area (TPSA) is 90.5 Å². The third kappa shape index (κ3) is 3.21. The number of nitrogens with zero attached hydrogens (tertiary/aromatic N) is 6. The molecule has 1 fully saturated rings. The minimum atomic E-state index is -0.170. The Morgan fingerprint density at radius 3 is 2.90 bits per heavy atom. The van der Waals surface area contributed by atoms with Crippen LogP contribution >= 0.6 is 11.3 Å². The number of hydrogen-bond acceptors (Lipinski definition) is 6. The van der Waals surface area contributed by atoms with Crippen molar-refractivity contribution in [3.8, 4) is 11.3 Å². The zero-order valence-corrected chi connectivity index (χ0v) is 17.3. The van der Waals surface area contributed by atoms with Crippen LogP contribution in [0.25, 0.3) is 22.3 Å². The highest BCUT2D eigenvalue weighted by atomic mass is 32.1. The lowest BCUT2D eigenvalue weighted by Crippen LogP contribution is -2.19. The lowest BCUT2D eigenvalue weighted by atomic mass is 10.1. The van der Waals surface area contributed by atoms with E-state index in [0.717, 1.165) is 33.7 Å². The Morgan fingerprint density at radius 1 is 1.34 bits per heavy atom. The number of rotatable bonds is 5. The van der Waals surface area contributed by atoms with Gasteiger partial charge in [-0.2, -0.15) is 10.2 Å². The van der Waals surface area contributed by atoms with E-state index in [2.05, 4.69) is 31.5 Å². The molecule has 0 aliphatic heterocycles. The maximum Gasteiger partial charge on any atom is 0.247 e. The molecular formula is C20H21N7OS. The summed E-state index contributed by atoms with van der Waals surface area (Å²) in [4.78, 5) is 21.7. The molecule has 1 saturated carbocycles. The molecule has 29 heavy (non-hydrogen) atoms. The quantitative estimate of drug-likeness (QED) is 0.547. The molecule has 5 rings (SSSR count). The fourth-order valence-electron chi connectivity index (χ4n) is 3.65. The highest BCUT2D eigenvalue weighted by Gasteiger charge is 2.27. The van der Waals surface area contributed by atoms with Crippen LogP contribution < -0.4 is 5.32 Å². The number of carbonyl (C=O) groups is 1. The van der Waals surface area contributed by atoms with Crippen molar-refractivity contribution in [2.45, 2.75) is 39.2 Å². The fraction of sp³-hybridized carbons (Fsp3) is 0.350. The van der Waals surface area contributed by atoms with Crippen LogP contribution in [0.15, 0.2) is 23.8 Å². The van der Waals surface area contributed by atoms with E-state index in [0.29, 0.717) is 11.0 Å². The van der Waals surface area contributed by atoms with Gasteiger partial charge in [0.2, 0.25) is 5.91 Å². The van der Waals surface area contributed by atoms with Crippen LogP contribution in [0, 0.1) is 13.8 Å². The number of aryl methyl sites for hydroxylation is 2. The summed E-state index contributed by atoms with van der Waals surface area (Å²) in [6.07, 6.45) is 6.03. The molecule has 0 spiro atoms. The first kappa shape index (κ1) is 18.0. The van der Waals surface area contributed by atoms with Crippen LogP contribution in [0.1, 0.15) is 35.7 Å². The molecule has 4 aromatic heterocycles. The number of pyridine rings is 1. The lowest BCUT2D eigenvalue weighted by Gasteiger charge is -2.04. The molecule has 0 aromatic carbocycles. The molecular weight excluding hydrogens is 386 g/mol. The van der Waals surface area contributed by atoms with Gasteiger partial charge in [0.1, 0.15) is 6.54 Å². The molecule has 0 bridgehead atoms. The Kier molecular flexibility index (Phi) is 4.20. The summed E-state index contributed by atoms with van der Waals surface area (Å²) in [5.74, 6) is 0.437. The molecule has 1 aliphatic carbocycles. The molecule has 0 atom stereocenters. The van der Waals surface area contributed by atoms with Gasteiger partial charge in [0.05, 0.1) is 17.6 Å². The van der Waals surface area contributed by atoms with Crippen molar-refractivity contribution >= 4 is 33.4 Å². The first-order valence-electron chi connectivity index (χ1n) is 9.57. The van der Waals surface area contributed by atoms with Gasteiger partial charge in [-0.25, -0.2) is 14.6 Å². The second-order valence-corrected chi connectivity index (χ2v) is 8.33. The Hall–Kier alpha value is -3.07. The molecule has 9 heteroatoms. The van der Waals surface area contributed by atoms with Crippen LogP contribution in [-0.2, 0) is 18.4 Å². The van der Waals surface area contributed by atoms with E-state index in [-0.39, 0.29) is 12.5 Å². The molecule has 0 unspecified atom stereocenters. The summed E-state index contributed by atoms with van der Waals surface area (Å²) in [6.45, 7) is 4.08. The zero-order chi connectivity index (χ0) is 20.1. The average Bonchev–Trinajstić information content (AvgIpc) is 3.26. The zero-order valence-electron chi connectivity index (χ0n) is 16.5. The van der Waals surface area contributed by atoms with Crippen molar-refractivity contribution in [1.82, 2.24) is 29.5 Å². The molecule has 8 nitrogen and oxygen atoms in total. The van der Waals surface area contributed by atoms with Gasteiger partial charge in [-0.05, 0) is 44.2 Å². The summed E-state index contributed by atoms with van der Waals surface area (Å²) in [6, 6.07) is 2.08. The van der Waals surface area contributed by atoms with E-state index in [9.17, 15) is 4.79 Å². The Labute approximate surface area is 171 Å². The van der Waals surface area contributed by atoms with Gasteiger partial charge in [0, 0.05) is 35.3 Å². The monoisotopic (exact) mass is 407 g/mol. The fourth-order valence-corrected chi connectivity index (χ4v) is 4.38. The third-order valence-corrected chi connectivity index (χ3v) is 6.17. The van der Waals surface area contributed by atoms with Crippen LogP contribution in [0.5, 0.6) is 0 Å². The first-order valence-corrected chi connectivity index (χ1v) is 10.5. The highest BCUT2D eigenvalue weighted by Crippen LogP contribution is 2.43. The predicted octanol–water partition coefficient (Wildman–Crippen LogP) is 3.42. The summed E-state index contributed by atoms with van der Waals surface area (Å²) in [7, 11) is 1.90. The molecule has 1 N–H and O–H groups in total. The van der Waals surface area contributed by atoms with Crippen LogP contribution in [0.4, 0.5) is 5.13 Å². The SMILES string of the molecule is Cc1nn(CC(=O)Nc2nc(-c3cnn(C)c3C)cs2)c2nccc(C3CC3)c12. The van der Waals surface area contributed by atoms with Gasteiger partial charge in [0.25, 0.3) is 0 Å². The molecule has 4 aromatic rings. The van der Waals surface area contributed by atoms with E-state index in [1.807, 2.05) is 32.5 Å². The summed E-state index contributed by atoms with van der Waals surface area (Å²) >= 11 is 1.40. The van der Waals surface area contributed by atoms with Crippen molar-refractivity contribution in [2.75, 3.05) is 5.32 Å². The van der Waals surface area contributed by atoms with Crippen LogP contribution in [0.2, 0.25) is 0 Å². The predicted molar refractivity (Wildman–Crippen MR) is 112 cm³/mol. The highest BCUT2D eigenvalue weighted by molar-refractivity contribution is 7.14. The largest absolute Gasteiger partial charge is 0.300 e. The number of hydrogen-bond donors (Lipinski definition) is 1. The van der Waals surface area contributed by atoms with Crippen molar-refractivity contribution < 1.29 is 4.79 Å². The van der Waals surface area contributed by atoms with E-state index in [4.69, 9.17) is 0 Å². The molecule has 1 aliphatic rings. The van der Waals surface area contributed by atoms with Crippen molar-refractivity contribution in [1.29, 1.82) is 0 Å². The average molecular weight is 408 g/mol. The molecule has 1 amide bonds. The van der Waals surface area contributed by atoms with Crippen molar-refractivity contribution in [3.05, 3.63) is 40.8 Å². The Morgan fingerprint density at radius 2 is 2.17 bits per heavy atom. The van der Waals surface area contributed by atoms with E-state index in [1.54, 1.807) is 15.6 Å². The second-order valence-electron chi connectivity index (χ2n) is 7.47. The van der Waals surface area contributed by atoms with E-state index in [1.165, 1.54) is 29.7 Å². The summed E-state index contributed by atoms with van der Waals surface area (Å²) < 4.78 is 3.49. The number of amides is 1. The van der Waals surface area contributed by atoms with Crippen molar-refractivity contribution in [2.24, 2.45) is 7.05 Å². The van der Waals surface area contributed by atoms with Crippen LogP contribution in [-0.4, -0.2) is 35.4 Å². The second kappa shape index (κ2) is 6.77. The van der Waals surface area contributed by atoms with Gasteiger partial charge in [-0.3, -0.25) is 9.48 Å². The number of aromatic nitrogens is 6. The van der Waals surface area contributed by atoms with Crippen molar-refractivity contribution in [3.63, 3.8) is 0 Å². The number of thiazole rings is 1. The molecule has 0 radical (unpaired) electrons. The Balaban J connectivity index is 1.35. The number of anilines is 1. The molecule has 148 valence electrons. The first-order chi connectivity index (χ1) is 14.0. The van der Waals surface area contributed by atoms with E-state index >= 15 is 0 Å². The molecule has 4 heterocycles. The van der Waals surface area contributed by atoms with Gasteiger partial charge in [-0.1, -0.05) is 0 Å². The smallest absolute Gasteiger partial charge is 0.247 e. The lowest BCUT2D eigenvalue weighted by molar-refractivity contribution is -0.116. The maximum absolute atomic E-state index is 12.6. The van der Waals surface area contributed by atoms with Crippen LogP contribution in [0.3, 0.4) is 0 Å². The summed E-state index contributed by atoms with van der Waals surface area (Å²) in [5.41, 5.74) is 5.81. The number of nitrogens with one attached hydrogen (secondary N) is 1. The standard InChI is InChI=1S/C20H21N7OS/c1-11-18-14(13-4-5-13)6-7-21-19(18)27(25-11)9-17(28)24-20-23-16(10-29-20)15-8-22-26(3)12(15)2/h6-8,10,13H,4-5,9H2,1-3H3,(H,23,24,28). The number of fused-ring (bicyclic) bond motifs is 1. The van der Waals surface area contributed by atoms with E-state index < -0.39 is 0 Å². The van der Waals surface area contributed by atoms with Gasteiger partial charge >= 0.3 is 0 Å². The van der Waals surface area contributed by atoms with Gasteiger partial charge in [-0.15, -0.1) is 11.3 Å². The number of carbonyl (C=O) groups excluding carboxylic acids is 1. The minimum absolute atomic E-state index is 0.103. The minimum Gasteiger partial charge on any atom is -0.300 e. The molecule has 0 saturated heterocycles. The normalized spacial score (nSPS) is 13.9. The van der Waals surface area contributed by atoms with Gasteiger partial charge < -0.3 is 5.32 Å². The third-order valence-electron chi connectivity index (χ3n) is 5.41.